The second-order valence-corrected chi connectivity index (χ2v) is 6.24. The fraction of sp³-hybridized carbons (Fsp3) is 0.0556. The van der Waals surface area contributed by atoms with E-state index in [0.29, 0.717) is 33.3 Å². The zero-order chi connectivity index (χ0) is 18.4. The summed E-state index contributed by atoms with van der Waals surface area (Å²) in [7, 11) is 0. The van der Waals surface area contributed by atoms with E-state index in [-0.39, 0.29) is 17.6 Å². The average molecular weight is 369 g/mol. The monoisotopic (exact) mass is 368 g/mol. The molecular formula is C18H14ClFN6. The largest absolute Gasteiger partial charge is 0.383 e. The molecule has 4 aromatic rings. The Morgan fingerprint density at radius 2 is 1.73 bits per heavy atom. The predicted molar refractivity (Wildman–Crippen MR) is 101 cm³/mol. The molecule has 130 valence electrons. The fourth-order valence-corrected chi connectivity index (χ4v) is 3.10. The number of fused-ring (bicyclic) bond motifs is 1. The van der Waals surface area contributed by atoms with Gasteiger partial charge in [-0.05, 0) is 36.8 Å². The summed E-state index contributed by atoms with van der Waals surface area (Å²) in [5, 5.41) is 0.594. The summed E-state index contributed by atoms with van der Waals surface area (Å²) in [5.74, 6) is 0.920. The number of halogens is 2. The highest BCUT2D eigenvalue weighted by molar-refractivity contribution is 6.30. The van der Waals surface area contributed by atoms with Crippen LogP contribution in [0.1, 0.15) is 5.82 Å². The van der Waals surface area contributed by atoms with E-state index in [1.807, 2.05) is 12.1 Å². The second-order valence-electron chi connectivity index (χ2n) is 5.80. The molecule has 2 aromatic heterocycles. The van der Waals surface area contributed by atoms with E-state index in [0.717, 1.165) is 5.56 Å². The van der Waals surface area contributed by atoms with Gasteiger partial charge in [0.1, 0.15) is 17.5 Å². The molecule has 0 amide bonds. The molecule has 0 fully saturated rings. The van der Waals surface area contributed by atoms with Crippen LogP contribution in [0.25, 0.3) is 28.0 Å². The Morgan fingerprint density at radius 3 is 2.46 bits per heavy atom. The van der Waals surface area contributed by atoms with E-state index in [4.69, 9.17) is 23.1 Å². The summed E-state index contributed by atoms with van der Waals surface area (Å²) in [6.07, 6.45) is 0. The molecule has 0 atom stereocenters. The Morgan fingerprint density at radius 1 is 1.00 bits per heavy atom. The zero-order valence-electron chi connectivity index (χ0n) is 13.7. The number of benzene rings is 2. The predicted octanol–water partition coefficient (Wildman–Crippen LogP) is 3.75. The van der Waals surface area contributed by atoms with Crippen molar-refractivity contribution in [2.45, 2.75) is 6.92 Å². The molecular weight excluding hydrogens is 355 g/mol. The molecule has 0 saturated carbocycles. The Kier molecular flexibility index (Phi) is 3.73. The third kappa shape index (κ3) is 2.62. The Balaban J connectivity index is 2.08. The number of aromatic nitrogens is 4. The van der Waals surface area contributed by atoms with Crippen molar-refractivity contribution in [3.63, 3.8) is 0 Å². The number of anilines is 2. The van der Waals surface area contributed by atoms with Gasteiger partial charge in [-0.2, -0.15) is 9.97 Å². The number of rotatable bonds is 2. The minimum atomic E-state index is -0.373. The van der Waals surface area contributed by atoms with Gasteiger partial charge in [-0.1, -0.05) is 23.7 Å². The molecule has 4 rings (SSSR count). The lowest BCUT2D eigenvalue weighted by atomic mass is 10.1. The summed E-state index contributed by atoms with van der Waals surface area (Å²) in [6, 6.07) is 11.5. The molecule has 4 N–H and O–H groups in total. The van der Waals surface area contributed by atoms with Crippen LogP contribution in [0.5, 0.6) is 0 Å². The number of nitrogen functional groups attached to an aromatic ring is 2. The second kappa shape index (κ2) is 5.96. The van der Waals surface area contributed by atoms with Crippen molar-refractivity contribution in [2.75, 3.05) is 11.5 Å². The first-order valence-electron chi connectivity index (χ1n) is 7.78. The van der Waals surface area contributed by atoms with Crippen LogP contribution in [-0.2, 0) is 0 Å². The molecule has 0 aliphatic heterocycles. The molecule has 0 saturated heterocycles. The molecule has 0 unspecified atom stereocenters. The van der Waals surface area contributed by atoms with Crippen molar-refractivity contribution in [2.24, 2.45) is 0 Å². The zero-order valence-corrected chi connectivity index (χ0v) is 14.5. The van der Waals surface area contributed by atoms with E-state index < -0.39 is 0 Å². The van der Waals surface area contributed by atoms with Gasteiger partial charge in [-0.15, -0.1) is 0 Å². The van der Waals surface area contributed by atoms with Gasteiger partial charge >= 0.3 is 0 Å². The normalized spacial score (nSPS) is 11.2. The van der Waals surface area contributed by atoms with Crippen LogP contribution in [0.4, 0.5) is 16.2 Å². The Hall–Kier alpha value is -3.19. The van der Waals surface area contributed by atoms with Crippen LogP contribution in [-0.4, -0.2) is 19.5 Å². The smallest absolute Gasteiger partial charge is 0.224 e. The van der Waals surface area contributed by atoms with Crippen LogP contribution in [0.15, 0.2) is 42.5 Å². The first kappa shape index (κ1) is 16.3. The maximum atomic E-state index is 13.8. The molecule has 0 radical (unpaired) electrons. The van der Waals surface area contributed by atoms with E-state index in [1.165, 1.54) is 12.1 Å². The first-order valence-corrected chi connectivity index (χ1v) is 8.16. The first-order chi connectivity index (χ1) is 12.4. The molecule has 2 heterocycles. The van der Waals surface area contributed by atoms with Crippen LogP contribution < -0.4 is 11.5 Å². The third-order valence-corrected chi connectivity index (χ3v) is 4.32. The molecule has 2 aromatic carbocycles. The number of imidazole rings is 1. The Labute approximate surface area is 153 Å². The fourth-order valence-electron chi connectivity index (χ4n) is 2.97. The highest BCUT2D eigenvalue weighted by Crippen LogP contribution is 2.34. The van der Waals surface area contributed by atoms with Crippen molar-refractivity contribution in [3.05, 3.63) is 59.1 Å². The maximum absolute atomic E-state index is 13.8. The summed E-state index contributed by atoms with van der Waals surface area (Å²) < 4.78 is 15.5. The van der Waals surface area contributed by atoms with Gasteiger partial charge in [0, 0.05) is 11.1 Å². The highest BCUT2D eigenvalue weighted by Gasteiger charge is 2.19. The van der Waals surface area contributed by atoms with Crippen LogP contribution in [0.3, 0.4) is 0 Å². The lowest BCUT2D eigenvalue weighted by molar-refractivity contribution is 0.629. The van der Waals surface area contributed by atoms with Gasteiger partial charge in [-0.3, -0.25) is 4.57 Å². The van der Waals surface area contributed by atoms with E-state index >= 15 is 0 Å². The average Bonchev–Trinajstić information content (AvgIpc) is 2.90. The van der Waals surface area contributed by atoms with Crippen molar-refractivity contribution in [1.82, 2.24) is 19.5 Å². The molecule has 6 nitrogen and oxygen atoms in total. The van der Waals surface area contributed by atoms with Gasteiger partial charge < -0.3 is 11.5 Å². The quantitative estimate of drug-likeness (QED) is 0.561. The highest BCUT2D eigenvalue weighted by atomic mass is 35.5. The summed E-state index contributed by atoms with van der Waals surface area (Å²) in [4.78, 5) is 12.9. The summed E-state index contributed by atoms with van der Waals surface area (Å²) in [6.45, 7) is 1.80. The Bertz CT molecular complexity index is 1140. The summed E-state index contributed by atoms with van der Waals surface area (Å²) in [5.41, 5.74) is 14.5. The molecule has 8 heteroatoms. The van der Waals surface area contributed by atoms with Gasteiger partial charge in [0.2, 0.25) is 5.95 Å². The van der Waals surface area contributed by atoms with Crippen molar-refractivity contribution >= 4 is 34.4 Å². The maximum Gasteiger partial charge on any atom is 0.224 e. The SMILES string of the molecule is Cc1nc2ccc(F)cc2n1-c1nc(N)nc(N)c1-c1ccc(Cl)cc1. The molecule has 0 aliphatic rings. The number of aryl methyl sites for hydroxylation is 1. The molecule has 0 bridgehead atoms. The van der Waals surface area contributed by atoms with Crippen LogP contribution in [0.2, 0.25) is 5.02 Å². The summed E-state index contributed by atoms with van der Waals surface area (Å²) >= 11 is 5.98. The number of nitrogens with zero attached hydrogens (tertiary/aromatic N) is 4. The lowest BCUT2D eigenvalue weighted by Gasteiger charge is -2.14. The standard InChI is InChI=1S/C18H14ClFN6/c1-9-23-13-7-6-12(20)8-14(13)26(9)17-15(16(21)24-18(22)25-17)10-2-4-11(19)5-3-10/h2-8H,1H3,(H4,21,22,24,25). The minimum absolute atomic E-state index is 0.0212. The van der Waals surface area contributed by atoms with Gasteiger partial charge in [0.05, 0.1) is 16.6 Å². The molecule has 0 spiro atoms. The lowest BCUT2D eigenvalue weighted by Crippen LogP contribution is -2.10. The van der Waals surface area contributed by atoms with Crippen LogP contribution in [0, 0.1) is 12.7 Å². The number of hydrogen-bond acceptors (Lipinski definition) is 5. The van der Waals surface area contributed by atoms with E-state index in [9.17, 15) is 4.39 Å². The van der Waals surface area contributed by atoms with Crippen molar-refractivity contribution in [1.29, 1.82) is 0 Å². The van der Waals surface area contributed by atoms with Gasteiger partial charge in [0.15, 0.2) is 5.82 Å². The minimum Gasteiger partial charge on any atom is -0.383 e. The van der Waals surface area contributed by atoms with Crippen molar-refractivity contribution < 1.29 is 4.39 Å². The van der Waals surface area contributed by atoms with Gasteiger partial charge in [0.25, 0.3) is 0 Å². The topological polar surface area (TPSA) is 95.6 Å². The molecule has 26 heavy (non-hydrogen) atoms. The van der Waals surface area contributed by atoms with Gasteiger partial charge in [-0.25, -0.2) is 9.37 Å². The number of hydrogen-bond donors (Lipinski definition) is 2. The van der Waals surface area contributed by atoms with E-state index in [2.05, 4.69) is 15.0 Å². The van der Waals surface area contributed by atoms with Crippen LogP contribution >= 0.6 is 11.6 Å². The van der Waals surface area contributed by atoms with E-state index in [1.54, 1.807) is 29.7 Å². The molecule has 0 aliphatic carbocycles. The number of nitrogens with two attached hydrogens (primary N) is 2. The third-order valence-electron chi connectivity index (χ3n) is 4.06. The van der Waals surface area contributed by atoms with Crippen molar-refractivity contribution in [3.8, 4) is 16.9 Å².